The van der Waals surface area contributed by atoms with Crippen molar-refractivity contribution >= 4 is 0 Å². The molecule has 1 atom stereocenters. The zero-order valence-electron chi connectivity index (χ0n) is 9.22. The van der Waals surface area contributed by atoms with Crippen LogP contribution in [0.15, 0.2) is 18.5 Å². The Morgan fingerprint density at radius 1 is 1.60 bits per heavy atom. The first kappa shape index (κ1) is 10.7. The quantitative estimate of drug-likeness (QED) is 0.727. The van der Waals surface area contributed by atoms with Gasteiger partial charge in [0.2, 0.25) is 0 Å². The number of nitrogens with zero attached hydrogens (tertiary/aromatic N) is 1. The van der Waals surface area contributed by atoms with Gasteiger partial charge in [-0.3, -0.25) is 0 Å². The van der Waals surface area contributed by atoms with Crippen LogP contribution in [-0.2, 0) is 11.3 Å². The van der Waals surface area contributed by atoms with Gasteiger partial charge in [-0.2, -0.15) is 0 Å². The van der Waals surface area contributed by atoms with E-state index in [1.54, 1.807) is 7.11 Å². The molecule has 1 aliphatic rings. The molecule has 15 heavy (non-hydrogen) atoms. The number of aliphatic hydroxyl groups excluding tert-OH is 1. The molecule has 1 aromatic heterocycles. The van der Waals surface area contributed by atoms with Crippen molar-refractivity contribution in [2.24, 2.45) is 5.92 Å². The maximum atomic E-state index is 9.91. The van der Waals surface area contributed by atoms with Crippen molar-refractivity contribution in [2.45, 2.75) is 31.9 Å². The standard InChI is InChI=1S/C12H19NO2/c1-15-8-2-6-13-7-5-11(9-13)12(14)10-3-4-10/h5,7,9-10,12,14H,2-4,6,8H2,1H3. The highest BCUT2D eigenvalue weighted by atomic mass is 16.5. The van der Waals surface area contributed by atoms with Gasteiger partial charge in [0.05, 0.1) is 6.10 Å². The van der Waals surface area contributed by atoms with Gasteiger partial charge in [-0.15, -0.1) is 0 Å². The number of hydrogen-bond donors (Lipinski definition) is 1. The third-order valence-electron chi connectivity index (χ3n) is 2.95. The smallest absolute Gasteiger partial charge is 0.0832 e. The zero-order chi connectivity index (χ0) is 10.7. The summed E-state index contributed by atoms with van der Waals surface area (Å²) in [6.07, 6.45) is 7.22. The van der Waals surface area contributed by atoms with Crippen LogP contribution in [0.5, 0.6) is 0 Å². The fourth-order valence-corrected chi connectivity index (χ4v) is 1.85. The van der Waals surface area contributed by atoms with E-state index in [4.69, 9.17) is 4.74 Å². The van der Waals surface area contributed by atoms with Crippen LogP contribution in [0.3, 0.4) is 0 Å². The van der Waals surface area contributed by atoms with Crippen LogP contribution < -0.4 is 0 Å². The van der Waals surface area contributed by atoms with Crippen LogP contribution in [0.25, 0.3) is 0 Å². The minimum Gasteiger partial charge on any atom is -0.388 e. The Bertz CT molecular complexity index is 304. The molecule has 2 rings (SSSR count). The minimum absolute atomic E-state index is 0.242. The third kappa shape index (κ3) is 2.83. The molecule has 1 aliphatic carbocycles. The molecular formula is C12H19NO2. The molecule has 0 bridgehead atoms. The Labute approximate surface area is 90.7 Å². The summed E-state index contributed by atoms with van der Waals surface area (Å²) in [6.45, 7) is 1.75. The Kier molecular flexibility index (Phi) is 3.44. The molecule has 1 heterocycles. The van der Waals surface area contributed by atoms with Crippen molar-refractivity contribution in [3.8, 4) is 0 Å². The Morgan fingerprint density at radius 2 is 2.40 bits per heavy atom. The number of rotatable bonds is 6. The van der Waals surface area contributed by atoms with E-state index in [0.717, 1.165) is 25.1 Å². The number of methoxy groups -OCH3 is 1. The van der Waals surface area contributed by atoms with E-state index in [1.807, 2.05) is 12.3 Å². The van der Waals surface area contributed by atoms with Crippen LogP contribution in [0.2, 0.25) is 0 Å². The average molecular weight is 209 g/mol. The van der Waals surface area contributed by atoms with Crippen LogP contribution in [0.4, 0.5) is 0 Å². The van der Waals surface area contributed by atoms with Gasteiger partial charge in [-0.1, -0.05) is 0 Å². The average Bonchev–Trinajstić information content (AvgIpc) is 2.98. The second-order valence-electron chi connectivity index (χ2n) is 4.31. The molecular weight excluding hydrogens is 190 g/mol. The molecule has 1 fully saturated rings. The second-order valence-corrected chi connectivity index (χ2v) is 4.31. The van der Waals surface area contributed by atoms with E-state index >= 15 is 0 Å². The lowest BCUT2D eigenvalue weighted by Crippen LogP contribution is -2.00. The van der Waals surface area contributed by atoms with E-state index in [0.29, 0.717) is 5.92 Å². The van der Waals surface area contributed by atoms with Crippen molar-refractivity contribution < 1.29 is 9.84 Å². The fraction of sp³-hybridized carbons (Fsp3) is 0.667. The molecule has 0 amide bonds. The highest BCUT2D eigenvalue weighted by molar-refractivity contribution is 5.15. The molecule has 1 saturated carbocycles. The number of aromatic nitrogens is 1. The minimum atomic E-state index is -0.242. The van der Waals surface area contributed by atoms with Crippen LogP contribution >= 0.6 is 0 Å². The summed E-state index contributed by atoms with van der Waals surface area (Å²) in [5.74, 6) is 0.514. The first-order chi connectivity index (χ1) is 7.31. The molecule has 3 nitrogen and oxygen atoms in total. The van der Waals surface area contributed by atoms with E-state index in [9.17, 15) is 5.11 Å². The summed E-state index contributed by atoms with van der Waals surface area (Å²) in [7, 11) is 1.72. The summed E-state index contributed by atoms with van der Waals surface area (Å²) in [5.41, 5.74) is 1.06. The topological polar surface area (TPSA) is 34.4 Å². The molecule has 84 valence electrons. The normalized spacial score (nSPS) is 18.0. The molecule has 1 N–H and O–H groups in total. The van der Waals surface area contributed by atoms with E-state index in [1.165, 1.54) is 12.8 Å². The van der Waals surface area contributed by atoms with Gasteiger partial charge in [0.1, 0.15) is 0 Å². The molecule has 0 saturated heterocycles. The first-order valence-corrected chi connectivity index (χ1v) is 5.64. The van der Waals surface area contributed by atoms with Crippen molar-refractivity contribution in [3.63, 3.8) is 0 Å². The van der Waals surface area contributed by atoms with Gasteiger partial charge in [-0.25, -0.2) is 0 Å². The fourth-order valence-electron chi connectivity index (χ4n) is 1.85. The van der Waals surface area contributed by atoms with Gasteiger partial charge in [-0.05, 0) is 36.8 Å². The van der Waals surface area contributed by atoms with Gasteiger partial charge in [0.15, 0.2) is 0 Å². The molecule has 3 heteroatoms. The van der Waals surface area contributed by atoms with Crippen molar-refractivity contribution in [3.05, 3.63) is 24.0 Å². The Hall–Kier alpha value is -0.800. The zero-order valence-corrected chi connectivity index (χ0v) is 9.22. The van der Waals surface area contributed by atoms with Crippen LogP contribution in [0.1, 0.15) is 30.9 Å². The second kappa shape index (κ2) is 4.81. The van der Waals surface area contributed by atoms with Crippen molar-refractivity contribution in [1.82, 2.24) is 4.57 Å². The van der Waals surface area contributed by atoms with Crippen molar-refractivity contribution in [1.29, 1.82) is 0 Å². The van der Waals surface area contributed by atoms with Gasteiger partial charge in [0, 0.05) is 32.7 Å². The lowest BCUT2D eigenvalue weighted by Gasteiger charge is -2.06. The lowest BCUT2D eigenvalue weighted by molar-refractivity contribution is 0.153. The van der Waals surface area contributed by atoms with Gasteiger partial charge < -0.3 is 14.4 Å². The molecule has 1 aromatic rings. The highest BCUT2D eigenvalue weighted by Gasteiger charge is 2.30. The molecule has 1 unspecified atom stereocenters. The van der Waals surface area contributed by atoms with Crippen LogP contribution in [-0.4, -0.2) is 23.4 Å². The van der Waals surface area contributed by atoms with Crippen molar-refractivity contribution in [2.75, 3.05) is 13.7 Å². The molecule has 0 aromatic carbocycles. The monoisotopic (exact) mass is 209 g/mol. The Morgan fingerprint density at radius 3 is 3.07 bits per heavy atom. The van der Waals surface area contributed by atoms with Crippen LogP contribution in [0, 0.1) is 5.92 Å². The number of ether oxygens (including phenoxy) is 1. The highest BCUT2D eigenvalue weighted by Crippen LogP contribution is 2.40. The maximum absolute atomic E-state index is 9.91. The maximum Gasteiger partial charge on any atom is 0.0832 e. The molecule has 0 aliphatic heterocycles. The van der Waals surface area contributed by atoms with Gasteiger partial charge >= 0.3 is 0 Å². The summed E-state index contributed by atoms with van der Waals surface area (Å²) >= 11 is 0. The molecule has 0 radical (unpaired) electrons. The predicted molar refractivity (Wildman–Crippen MR) is 58.6 cm³/mol. The predicted octanol–water partition coefficient (Wildman–Crippen LogP) is 1.97. The van der Waals surface area contributed by atoms with E-state index in [-0.39, 0.29) is 6.10 Å². The summed E-state index contributed by atoms with van der Waals surface area (Å²) < 4.78 is 7.13. The Balaban J connectivity index is 1.85. The SMILES string of the molecule is COCCCn1ccc(C(O)C2CC2)c1. The van der Waals surface area contributed by atoms with E-state index < -0.39 is 0 Å². The number of hydrogen-bond acceptors (Lipinski definition) is 2. The largest absolute Gasteiger partial charge is 0.388 e. The summed E-state index contributed by atoms with van der Waals surface area (Å²) in [5, 5.41) is 9.91. The lowest BCUT2D eigenvalue weighted by atomic mass is 10.1. The first-order valence-electron chi connectivity index (χ1n) is 5.64. The van der Waals surface area contributed by atoms with E-state index in [2.05, 4.69) is 10.8 Å². The molecule has 0 spiro atoms. The van der Waals surface area contributed by atoms with Gasteiger partial charge in [0.25, 0.3) is 0 Å². The number of aliphatic hydroxyl groups is 1. The summed E-state index contributed by atoms with van der Waals surface area (Å²) in [6, 6.07) is 2.02. The third-order valence-corrected chi connectivity index (χ3v) is 2.95. The summed E-state index contributed by atoms with van der Waals surface area (Å²) in [4.78, 5) is 0. The number of aryl methyl sites for hydroxylation is 1.